The van der Waals surface area contributed by atoms with E-state index in [1.54, 1.807) is 36.7 Å². The minimum absolute atomic E-state index is 0.142. The van der Waals surface area contributed by atoms with Gasteiger partial charge < -0.3 is 11.1 Å². The summed E-state index contributed by atoms with van der Waals surface area (Å²) < 4.78 is 40.5. The van der Waals surface area contributed by atoms with Crippen molar-refractivity contribution in [2.45, 2.75) is 25.9 Å². The average molecular weight is 440 g/mol. The second-order valence-electron chi connectivity index (χ2n) is 7.46. The van der Waals surface area contributed by atoms with Crippen LogP contribution in [0.15, 0.2) is 55.0 Å². The van der Waals surface area contributed by atoms with Gasteiger partial charge >= 0.3 is 6.18 Å². The number of nitrogens with one attached hydrogen (secondary N) is 1. The molecule has 1 amide bonds. The van der Waals surface area contributed by atoms with Crippen LogP contribution < -0.4 is 11.1 Å². The van der Waals surface area contributed by atoms with E-state index in [2.05, 4.69) is 15.3 Å². The first kappa shape index (κ1) is 21.3. The van der Waals surface area contributed by atoms with E-state index in [1.165, 1.54) is 0 Å². The molecular weight excluding hydrogens is 421 g/mol. The van der Waals surface area contributed by atoms with Crippen molar-refractivity contribution in [3.05, 3.63) is 71.9 Å². The molecule has 3 aromatic heterocycles. The molecule has 0 bridgehead atoms. The zero-order valence-electron chi connectivity index (χ0n) is 17.2. The molecular formula is C22H19F3N6O. The highest BCUT2D eigenvalue weighted by Gasteiger charge is 2.31. The Balaban J connectivity index is 1.63. The first-order valence-corrected chi connectivity index (χ1v) is 9.72. The van der Waals surface area contributed by atoms with Crippen LogP contribution in [-0.4, -0.2) is 25.3 Å². The standard InChI is InChI=1S/C22H19F3N6O/c1-12(2)20-30-17(18-19(26)28-9-10-31(18)20)13-3-5-14(6-4-13)21(32)29-16-11-15(7-8-27-16)22(23,24)25/h3-12H,1-2H3,(H2,26,28)(H,27,29,32). The van der Waals surface area contributed by atoms with E-state index in [1.807, 2.05) is 18.2 Å². The number of nitrogens with two attached hydrogens (primary N) is 1. The van der Waals surface area contributed by atoms with Crippen molar-refractivity contribution in [3.63, 3.8) is 0 Å². The number of benzene rings is 1. The van der Waals surface area contributed by atoms with Crippen molar-refractivity contribution in [2.24, 2.45) is 0 Å². The van der Waals surface area contributed by atoms with Gasteiger partial charge in [-0.2, -0.15) is 13.2 Å². The number of amides is 1. The van der Waals surface area contributed by atoms with Crippen molar-refractivity contribution in [1.29, 1.82) is 0 Å². The van der Waals surface area contributed by atoms with Gasteiger partial charge in [0.2, 0.25) is 0 Å². The highest BCUT2D eigenvalue weighted by Crippen LogP contribution is 2.31. The second-order valence-corrected chi connectivity index (χ2v) is 7.46. The van der Waals surface area contributed by atoms with Crippen LogP contribution in [0.3, 0.4) is 0 Å². The number of imidazole rings is 1. The van der Waals surface area contributed by atoms with Gasteiger partial charge in [-0.05, 0) is 24.3 Å². The summed E-state index contributed by atoms with van der Waals surface area (Å²) in [5.41, 5.74) is 7.48. The molecule has 0 fully saturated rings. The van der Waals surface area contributed by atoms with Crippen LogP contribution in [0.1, 0.15) is 41.5 Å². The zero-order chi connectivity index (χ0) is 23.0. The van der Waals surface area contributed by atoms with Crippen LogP contribution in [0.4, 0.5) is 24.8 Å². The summed E-state index contributed by atoms with van der Waals surface area (Å²) in [6.45, 7) is 4.04. The van der Waals surface area contributed by atoms with E-state index in [9.17, 15) is 18.0 Å². The van der Waals surface area contributed by atoms with Crippen molar-refractivity contribution in [1.82, 2.24) is 19.4 Å². The number of anilines is 2. The highest BCUT2D eigenvalue weighted by molar-refractivity contribution is 6.04. The van der Waals surface area contributed by atoms with E-state index in [0.29, 0.717) is 17.0 Å². The molecule has 7 nitrogen and oxygen atoms in total. The molecule has 0 unspecified atom stereocenters. The van der Waals surface area contributed by atoms with Crippen LogP contribution in [0.25, 0.3) is 16.8 Å². The molecule has 4 aromatic rings. The van der Waals surface area contributed by atoms with Gasteiger partial charge in [-0.25, -0.2) is 15.0 Å². The number of halogens is 3. The Morgan fingerprint density at radius 2 is 1.81 bits per heavy atom. The lowest BCUT2D eigenvalue weighted by Gasteiger charge is -2.09. The van der Waals surface area contributed by atoms with Crippen LogP contribution in [0.5, 0.6) is 0 Å². The smallest absolute Gasteiger partial charge is 0.382 e. The predicted molar refractivity (Wildman–Crippen MR) is 114 cm³/mol. The minimum atomic E-state index is -4.52. The van der Waals surface area contributed by atoms with Gasteiger partial charge in [-0.15, -0.1) is 0 Å². The van der Waals surface area contributed by atoms with Gasteiger partial charge in [-0.3, -0.25) is 9.20 Å². The van der Waals surface area contributed by atoms with Crippen LogP contribution >= 0.6 is 0 Å². The third kappa shape index (κ3) is 3.98. The summed E-state index contributed by atoms with van der Waals surface area (Å²) in [6, 6.07) is 8.15. The number of hydrogen-bond donors (Lipinski definition) is 2. The van der Waals surface area contributed by atoms with Crippen LogP contribution in [-0.2, 0) is 6.18 Å². The number of nitrogens with zero attached hydrogens (tertiary/aromatic N) is 4. The normalized spacial score (nSPS) is 11.8. The van der Waals surface area contributed by atoms with Gasteiger partial charge in [0.25, 0.3) is 5.91 Å². The third-order valence-corrected chi connectivity index (χ3v) is 4.88. The number of carbonyl (C=O) groups excluding carboxylic acids is 1. The average Bonchev–Trinajstić information content (AvgIpc) is 3.15. The van der Waals surface area contributed by atoms with E-state index >= 15 is 0 Å². The number of hydrogen-bond acceptors (Lipinski definition) is 5. The molecule has 1 aromatic carbocycles. The van der Waals surface area contributed by atoms with E-state index < -0.39 is 17.6 Å². The van der Waals surface area contributed by atoms with Gasteiger partial charge in [-0.1, -0.05) is 26.0 Å². The quantitative estimate of drug-likeness (QED) is 0.476. The number of pyridine rings is 1. The molecule has 0 aliphatic carbocycles. The fourth-order valence-electron chi connectivity index (χ4n) is 3.34. The molecule has 0 radical (unpaired) electrons. The van der Waals surface area contributed by atoms with Crippen molar-refractivity contribution >= 4 is 23.1 Å². The topological polar surface area (TPSA) is 98.2 Å². The fourth-order valence-corrected chi connectivity index (χ4v) is 3.34. The molecule has 3 N–H and O–H groups in total. The van der Waals surface area contributed by atoms with Crippen molar-refractivity contribution in [2.75, 3.05) is 11.1 Å². The SMILES string of the molecule is CC(C)c1nc(-c2ccc(C(=O)Nc3cc(C(F)(F)F)ccn3)cc2)c2c(N)nccn12. The summed E-state index contributed by atoms with van der Waals surface area (Å²) >= 11 is 0. The molecule has 4 rings (SSSR count). The second kappa shape index (κ2) is 7.95. The predicted octanol–water partition coefficient (Wildman–Crippen LogP) is 4.77. The maximum absolute atomic E-state index is 12.9. The molecule has 3 heterocycles. The minimum Gasteiger partial charge on any atom is -0.382 e. The Kier molecular flexibility index (Phi) is 5.29. The monoisotopic (exact) mass is 440 g/mol. The van der Waals surface area contributed by atoms with Gasteiger partial charge in [0.15, 0.2) is 0 Å². The van der Waals surface area contributed by atoms with Gasteiger partial charge in [0.1, 0.15) is 28.7 Å². The summed E-state index contributed by atoms with van der Waals surface area (Å²) in [6.07, 6.45) is -0.130. The summed E-state index contributed by atoms with van der Waals surface area (Å²) in [5.74, 6) is 0.528. The van der Waals surface area contributed by atoms with E-state index in [0.717, 1.165) is 29.7 Å². The molecule has 0 atom stereocenters. The lowest BCUT2D eigenvalue weighted by molar-refractivity contribution is -0.137. The van der Waals surface area contributed by atoms with E-state index in [4.69, 9.17) is 10.7 Å². The molecule has 0 saturated heterocycles. The van der Waals surface area contributed by atoms with Crippen LogP contribution in [0, 0.1) is 0 Å². The molecule has 10 heteroatoms. The number of rotatable bonds is 4. The molecule has 164 valence electrons. The first-order chi connectivity index (χ1) is 15.1. The summed E-state index contributed by atoms with van der Waals surface area (Å²) in [5, 5.41) is 2.39. The summed E-state index contributed by atoms with van der Waals surface area (Å²) in [4.78, 5) is 25.2. The fraction of sp³-hybridized carbons (Fsp3) is 0.182. The number of aromatic nitrogens is 4. The maximum atomic E-state index is 12.9. The lowest BCUT2D eigenvalue weighted by atomic mass is 10.1. The van der Waals surface area contributed by atoms with Crippen molar-refractivity contribution < 1.29 is 18.0 Å². The van der Waals surface area contributed by atoms with Crippen LogP contribution in [0.2, 0.25) is 0 Å². The largest absolute Gasteiger partial charge is 0.416 e. The highest BCUT2D eigenvalue weighted by atomic mass is 19.4. The Bertz CT molecular complexity index is 1300. The summed E-state index contributed by atoms with van der Waals surface area (Å²) in [7, 11) is 0. The Morgan fingerprint density at radius 3 is 2.47 bits per heavy atom. The molecule has 32 heavy (non-hydrogen) atoms. The van der Waals surface area contributed by atoms with E-state index in [-0.39, 0.29) is 17.3 Å². The third-order valence-electron chi connectivity index (χ3n) is 4.88. The van der Waals surface area contributed by atoms with Gasteiger partial charge in [0.05, 0.1) is 5.56 Å². The number of fused-ring (bicyclic) bond motifs is 1. The molecule has 0 saturated carbocycles. The lowest BCUT2D eigenvalue weighted by Crippen LogP contribution is -2.14. The Morgan fingerprint density at radius 1 is 1.09 bits per heavy atom. The maximum Gasteiger partial charge on any atom is 0.416 e. The Hall–Kier alpha value is -3.95. The molecule has 0 spiro atoms. The molecule has 0 aliphatic heterocycles. The first-order valence-electron chi connectivity index (χ1n) is 9.72. The Labute approximate surface area is 181 Å². The number of nitrogen functional groups attached to an aromatic ring is 1. The zero-order valence-corrected chi connectivity index (χ0v) is 17.2. The number of alkyl halides is 3. The molecule has 0 aliphatic rings. The van der Waals surface area contributed by atoms with Crippen molar-refractivity contribution in [3.8, 4) is 11.3 Å². The van der Waals surface area contributed by atoms with Gasteiger partial charge in [0, 0.05) is 35.6 Å². The number of carbonyl (C=O) groups is 1.